The first kappa shape index (κ1) is 13.6. The number of aromatic nitrogens is 4. The number of hydrogen-bond donors (Lipinski definition) is 1. The molecule has 2 aromatic heterocycles. The second-order valence-corrected chi connectivity index (χ2v) is 5.75. The summed E-state index contributed by atoms with van der Waals surface area (Å²) >= 11 is 5.86. The van der Waals surface area contributed by atoms with E-state index >= 15 is 0 Å². The summed E-state index contributed by atoms with van der Waals surface area (Å²) in [7, 11) is 1.72. The molecule has 1 saturated carbocycles. The molecule has 108 valence electrons. The largest absolute Gasteiger partial charge is 0.396 e. The van der Waals surface area contributed by atoms with Gasteiger partial charge >= 0.3 is 5.69 Å². The Morgan fingerprint density at radius 2 is 2.10 bits per heavy atom. The van der Waals surface area contributed by atoms with E-state index in [1.165, 1.54) is 0 Å². The van der Waals surface area contributed by atoms with E-state index in [1.807, 2.05) is 0 Å². The van der Waals surface area contributed by atoms with Crippen molar-refractivity contribution in [2.75, 3.05) is 6.61 Å². The Hall–Kier alpha value is -1.40. The molecule has 3 rings (SSSR count). The van der Waals surface area contributed by atoms with Crippen LogP contribution in [0.5, 0.6) is 0 Å². The predicted octanol–water partition coefficient (Wildman–Crippen LogP) is 1.51. The van der Waals surface area contributed by atoms with Gasteiger partial charge in [0, 0.05) is 19.7 Å². The fourth-order valence-corrected chi connectivity index (χ4v) is 3.16. The van der Waals surface area contributed by atoms with Gasteiger partial charge in [0.15, 0.2) is 5.65 Å². The summed E-state index contributed by atoms with van der Waals surface area (Å²) in [6, 6.07) is 0.125. The molecule has 1 aliphatic rings. The Bertz CT molecular complexity index is 685. The zero-order valence-corrected chi connectivity index (χ0v) is 12.0. The minimum atomic E-state index is -0.0796. The Balaban J connectivity index is 2.05. The number of rotatable bonds is 2. The molecule has 1 aliphatic carbocycles. The number of imidazole rings is 1. The van der Waals surface area contributed by atoms with E-state index < -0.39 is 0 Å². The first-order valence-corrected chi connectivity index (χ1v) is 7.20. The molecule has 2 heterocycles. The Morgan fingerprint density at radius 1 is 1.40 bits per heavy atom. The summed E-state index contributed by atoms with van der Waals surface area (Å²) in [4.78, 5) is 20.6. The van der Waals surface area contributed by atoms with Gasteiger partial charge in [-0.3, -0.25) is 9.13 Å². The molecule has 0 atom stereocenters. The predicted molar refractivity (Wildman–Crippen MR) is 75.9 cm³/mol. The SMILES string of the molecule is Cn1c(=O)n(C2CCC(CO)CC2)c2nc(Cl)ncc21. The van der Waals surface area contributed by atoms with Gasteiger partial charge in [-0.15, -0.1) is 0 Å². The number of nitrogens with zero attached hydrogens (tertiary/aromatic N) is 4. The van der Waals surface area contributed by atoms with E-state index in [0.29, 0.717) is 17.1 Å². The number of aliphatic hydroxyl groups is 1. The third-order valence-corrected chi connectivity index (χ3v) is 4.42. The molecule has 0 saturated heterocycles. The van der Waals surface area contributed by atoms with Crippen LogP contribution in [0.1, 0.15) is 31.7 Å². The third-order valence-electron chi connectivity index (χ3n) is 4.24. The van der Waals surface area contributed by atoms with Crippen LogP contribution in [0.2, 0.25) is 5.28 Å². The molecule has 0 radical (unpaired) electrons. The van der Waals surface area contributed by atoms with Crippen molar-refractivity contribution >= 4 is 22.8 Å². The highest BCUT2D eigenvalue weighted by Crippen LogP contribution is 2.32. The first-order valence-electron chi connectivity index (χ1n) is 6.82. The van der Waals surface area contributed by atoms with Crippen LogP contribution < -0.4 is 5.69 Å². The molecule has 0 aromatic carbocycles. The van der Waals surface area contributed by atoms with Crippen LogP contribution in [0.3, 0.4) is 0 Å². The molecule has 0 unspecified atom stereocenters. The van der Waals surface area contributed by atoms with Crippen LogP contribution in [0, 0.1) is 5.92 Å². The van der Waals surface area contributed by atoms with Gasteiger partial charge < -0.3 is 5.11 Å². The van der Waals surface area contributed by atoms with Gasteiger partial charge in [-0.1, -0.05) is 0 Å². The zero-order valence-electron chi connectivity index (χ0n) is 11.3. The van der Waals surface area contributed by atoms with Crippen LogP contribution in [-0.2, 0) is 7.05 Å². The lowest BCUT2D eigenvalue weighted by atomic mass is 9.86. The Morgan fingerprint density at radius 3 is 2.75 bits per heavy atom. The Labute approximate surface area is 121 Å². The molecule has 7 heteroatoms. The summed E-state index contributed by atoms with van der Waals surface area (Å²) in [6.07, 6.45) is 5.21. The van der Waals surface area contributed by atoms with Crippen LogP contribution in [0.15, 0.2) is 11.0 Å². The molecule has 1 fully saturated rings. The van der Waals surface area contributed by atoms with Gasteiger partial charge in [0.25, 0.3) is 0 Å². The van der Waals surface area contributed by atoms with Gasteiger partial charge in [0.2, 0.25) is 5.28 Å². The molecule has 0 bridgehead atoms. The quantitative estimate of drug-likeness (QED) is 0.853. The van der Waals surface area contributed by atoms with E-state index in [9.17, 15) is 9.90 Å². The maximum absolute atomic E-state index is 12.4. The van der Waals surface area contributed by atoms with Crippen LogP contribution >= 0.6 is 11.6 Å². The zero-order chi connectivity index (χ0) is 14.3. The minimum absolute atomic E-state index is 0.0796. The molecule has 6 nitrogen and oxygen atoms in total. The average molecular weight is 297 g/mol. The highest BCUT2D eigenvalue weighted by Gasteiger charge is 2.26. The molecule has 20 heavy (non-hydrogen) atoms. The fourth-order valence-electron chi connectivity index (χ4n) is 3.03. The highest BCUT2D eigenvalue weighted by atomic mass is 35.5. The maximum atomic E-state index is 12.4. The van der Waals surface area contributed by atoms with Crippen molar-refractivity contribution < 1.29 is 5.11 Å². The van der Waals surface area contributed by atoms with Crippen molar-refractivity contribution in [1.29, 1.82) is 0 Å². The van der Waals surface area contributed by atoms with Crippen molar-refractivity contribution in [2.24, 2.45) is 13.0 Å². The number of hydrogen-bond acceptors (Lipinski definition) is 4. The number of fused-ring (bicyclic) bond motifs is 1. The van der Waals surface area contributed by atoms with Gasteiger partial charge in [-0.25, -0.2) is 9.78 Å². The fraction of sp³-hybridized carbons (Fsp3) is 0.615. The molecule has 2 aromatic rings. The normalized spacial score (nSPS) is 23.4. The molecule has 0 spiro atoms. The third kappa shape index (κ3) is 2.13. The standard InChI is InChI=1S/C13H17ClN4O2/c1-17-10-6-15-12(14)16-11(10)18(13(17)20)9-4-2-8(7-19)3-5-9/h6,8-9,19H,2-5,7H2,1H3. The lowest BCUT2D eigenvalue weighted by molar-refractivity contribution is 0.168. The van der Waals surface area contributed by atoms with Crippen molar-refractivity contribution in [3.05, 3.63) is 22.0 Å². The van der Waals surface area contributed by atoms with Crippen molar-refractivity contribution in [1.82, 2.24) is 19.1 Å². The number of halogens is 1. The average Bonchev–Trinajstić information content (AvgIpc) is 2.71. The summed E-state index contributed by atoms with van der Waals surface area (Å²) in [5.41, 5.74) is 1.22. The summed E-state index contributed by atoms with van der Waals surface area (Å²) in [5.74, 6) is 0.357. The molecule has 0 amide bonds. The van der Waals surface area contributed by atoms with E-state index in [-0.39, 0.29) is 23.6 Å². The number of aryl methyl sites for hydroxylation is 1. The van der Waals surface area contributed by atoms with E-state index in [4.69, 9.17) is 11.6 Å². The van der Waals surface area contributed by atoms with E-state index in [1.54, 1.807) is 22.4 Å². The minimum Gasteiger partial charge on any atom is -0.396 e. The summed E-state index contributed by atoms with van der Waals surface area (Å²) in [6.45, 7) is 0.227. The van der Waals surface area contributed by atoms with Crippen molar-refractivity contribution in [2.45, 2.75) is 31.7 Å². The lowest BCUT2D eigenvalue weighted by Gasteiger charge is -2.27. The van der Waals surface area contributed by atoms with Crippen LogP contribution in [0.4, 0.5) is 0 Å². The van der Waals surface area contributed by atoms with Gasteiger partial charge in [0.05, 0.1) is 6.20 Å². The molecular formula is C13H17ClN4O2. The summed E-state index contributed by atoms with van der Waals surface area (Å²) in [5, 5.41) is 9.36. The van der Waals surface area contributed by atoms with Gasteiger partial charge in [-0.05, 0) is 43.2 Å². The highest BCUT2D eigenvalue weighted by molar-refractivity contribution is 6.28. The van der Waals surface area contributed by atoms with Crippen LogP contribution in [0.25, 0.3) is 11.2 Å². The van der Waals surface area contributed by atoms with Gasteiger partial charge in [-0.2, -0.15) is 4.98 Å². The van der Waals surface area contributed by atoms with Gasteiger partial charge in [0.1, 0.15) is 5.52 Å². The molecule has 1 N–H and O–H groups in total. The van der Waals surface area contributed by atoms with E-state index in [0.717, 1.165) is 25.7 Å². The topological polar surface area (TPSA) is 72.9 Å². The second kappa shape index (κ2) is 5.18. The molecular weight excluding hydrogens is 280 g/mol. The first-order chi connectivity index (χ1) is 9.61. The summed E-state index contributed by atoms with van der Waals surface area (Å²) < 4.78 is 3.29. The number of aliphatic hydroxyl groups excluding tert-OH is 1. The van der Waals surface area contributed by atoms with Crippen LogP contribution in [-0.4, -0.2) is 30.8 Å². The second-order valence-electron chi connectivity index (χ2n) is 5.42. The van der Waals surface area contributed by atoms with Crippen molar-refractivity contribution in [3.63, 3.8) is 0 Å². The lowest BCUT2D eigenvalue weighted by Crippen LogP contribution is -2.29. The molecule has 0 aliphatic heterocycles. The Kier molecular flexibility index (Phi) is 3.52. The maximum Gasteiger partial charge on any atom is 0.330 e. The van der Waals surface area contributed by atoms with Crippen molar-refractivity contribution in [3.8, 4) is 0 Å². The smallest absolute Gasteiger partial charge is 0.330 e. The van der Waals surface area contributed by atoms with E-state index in [2.05, 4.69) is 9.97 Å². The monoisotopic (exact) mass is 296 g/mol.